The highest BCUT2D eigenvalue weighted by Crippen LogP contribution is 2.33. The van der Waals surface area contributed by atoms with Gasteiger partial charge in [-0.15, -0.1) is 0 Å². The molecule has 0 heterocycles. The zero-order chi connectivity index (χ0) is 14.0. The molecule has 1 N–H and O–H groups in total. The molecule has 0 saturated carbocycles. The van der Waals surface area contributed by atoms with Crippen molar-refractivity contribution >= 4 is 40.5 Å². The highest BCUT2D eigenvalue weighted by molar-refractivity contribution is 6.41. The molecule has 0 aromatic heterocycles. The van der Waals surface area contributed by atoms with Gasteiger partial charge in [0.2, 0.25) is 0 Å². The molecule has 0 bridgehead atoms. The fourth-order valence-electron chi connectivity index (χ4n) is 1.82. The van der Waals surface area contributed by atoms with Gasteiger partial charge in [0.05, 0.1) is 15.7 Å². The first kappa shape index (κ1) is 14.5. The minimum atomic E-state index is 0.529. The van der Waals surface area contributed by atoms with Gasteiger partial charge in [0, 0.05) is 11.6 Å². The summed E-state index contributed by atoms with van der Waals surface area (Å²) in [6.45, 7) is 4.86. The van der Waals surface area contributed by atoms with E-state index >= 15 is 0 Å². The zero-order valence-corrected chi connectivity index (χ0v) is 13.0. The Bertz CT molecular complexity index is 585. The molecule has 2 aromatic rings. The van der Waals surface area contributed by atoms with Crippen LogP contribution in [0.15, 0.2) is 30.3 Å². The van der Waals surface area contributed by atoms with E-state index in [2.05, 4.69) is 37.4 Å². The number of rotatable bonds is 3. The van der Waals surface area contributed by atoms with Crippen molar-refractivity contribution in [3.05, 3.63) is 62.1 Å². The van der Waals surface area contributed by atoms with Crippen molar-refractivity contribution in [3.8, 4) is 0 Å². The van der Waals surface area contributed by atoms with Gasteiger partial charge in [-0.1, -0.05) is 53.0 Å². The summed E-state index contributed by atoms with van der Waals surface area (Å²) in [4.78, 5) is 0. The summed E-state index contributed by atoms with van der Waals surface area (Å²) >= 11 is 18.1. The topological polar surface area (TPSA) is 12.0 Å². The lowest BCUT2D eigenvalue weighted by Crippen LogP contribution is -2.01. The summed E-state index contributed by atoms with van der Waals surface area (Å²) in [7, 11) is 0. The van der Waals surface area contributed by atoms with E-state index in [0.717, 1.165) is 0 Å². The summed E-state index contributed by atoms with van der Waals surface area (Å²) in [5, 5.41) is 4.84. The van der Waals surface area contributed by atoms with E-state index in [9.17, 15) is 0 Å². The molecule has 2 aromatic carbocycles. The van der Waals surface area contributed by atoms with Crippen molar-refractivity contribution in [1.82, 2.24) is 0 Å². The minimum Gasteiger partial charge on any atom is -0.379 e. The smallest absolute Gasteiger partial charge is 0.0722 e. The fourth-order valence-corrected chi connectivity index (χ4v) is 2.77. The Balaban J connectivity index is 2.16. The van der Waals surface area contributed by atoms with E-state index in [0.29, 0.717) is 27.3 Å². The number of anilines is 1. The molecule has 4 heteroatoms. The SMILES string of the molecule is Cc1ccc(CNc2c(Cl)cc(Cl)cc2Cl)cc1C. The maximum Gasteiger partial charge on any atom is 0.0722 e. The second-order valence-electron chi connectivity index (χ2n) is 4.52. The molecular weight excluding hydrogens is 301 g/mol. The fraction of sp³-hybridized carbons (Fsp3) is 0.200. The van der Waals surface area contributed by atoms with Crippen molar-refractivity contribution in [3.63, 3.8) is 0 Å². The first-order valence-electron chi connectivity index (χ1n) is 5.92. The van der Waals surface area contributed by atoms with Crippen LogP contribution in [0.5, 0.6) is 0 Å². The number of halogens is 3. The van der Waals surface area contributed by atoms with E-state index < -0.39 is 0 Å². The average Bonchev–Trinajstić information content (AvgIpc) is 2.32. The largest absolute Gasteiger partial charge is 0.379 e. The molecule has 0 aliphatic heterocycles. The minimum absolute atomic E-state index is 0.529. The Kier molecular flexibility index (Phi) is 4.62. The van der Waals surface area contributed by atoms with Crippen LogP contribution in [-0.4, -0.2) is 0 Å². The number of nitrogens with one attached hydrogen (secondary N) is 1. The Morgan fingerprint density at radius 1 is 0.895 bits per heavy atom. The van der Waals surface area contributed by atoms with Crippen LogP contribution >= 0.6 is 34.8 Å². The first-order valence-corrected chi connectivity index (χ1v) is 7.05. The molecule has 1 nitrogen and oxygen atoms in total. The molecule has 0 saturated heterocycles. The van der Waals surface area contributed by atoms with Crippen molar-refractivity contribution in [2.45, 2.75) is 20.4 Å². The third kappa shape index (κ3) is 3.56. The molecule has 0 aliphatic carbocycles. The lowest BCUT2D eigenvalue weighted by Gasteiger charge is -2.12. The summed E-state index contributed by atoms with van der Waals surface area (Å²) in [5.41, 5.74) is 4.45. The molecule has 0 amide bonds. The predicted molar refractivity (Wildman–Crippen MR) is 84.7 cm³/mol. The van der Waals surface area contributed by atoms with Gasteiger partial charge in [0.1, 0.15) is 0 Å². The van der Waals surface area contributed by atoms with Crippen LogP contribution in [-0.2, 0) is 6.54 Å². The maximum absolute atomic E-state index is 6.13. The maximum atomic E-state index is 6.13. The van der Waals surface area contributed by atoms with Gasteiger partial charge in [-0.25, -0.2) is 0 Å². The molecule has 0 atom stereocenters. The summed E-state index contributed by atoms with van der Waals surface area (Å²) in [6, 6.07) is 9.71. The molecule has 0 fully saturated rings. The highest BCUT2D eigenvalue weighted by Gasteiger charge is 2.07. The Morgan fingerprint density at radius 2 is 1.53 bits per heavy atom. The first-order chi connectivity index (χ1) is 8.97. The highest BCUT2D eigenvalue weighted by atomic mass is 35.5. The molecule has 0 spiro atoms. The Hall–Kier alpha value is -0.890. The summed E-state index contributed by atoms with van der Waals surface area (Å²) < 4.78 is 0. The van der Waals surface area contributed by atoms with Crippen molar-refractivity contribution < 1.29 is 0 Å². The van der Waals surface area contributed by atoms with Crippen LogP contribution in [0.4, 0.5) is 5.69 Å². The third-order valence-corrected chi connectivity index (χ3v) is 3.86. The van der Waals surface area contributed by atoms with Crippen LogP contribution in [0.2, 0.25) is 15.1 Å². The van der Waals surface area contributed by atoms with E-state index in [1.165, 1.54) is 16.7 Å². The van der Waals surface area contributed by atoms with Gasteiger partial charge in [-0.05, 0) is 42.7 Å². The monoisotopic (exact) mass is 313 g/mol. The van der Waals surface area contributed by atoms with Crippen molar-refractivity contribution in [2.24, 2.45) is 0 Å². The van der Waals surface area contributed by atoms with Crippen molar-refractivity contribution in [1.29, 1.82) is 0 Å². The van der Waals surface area contributed by atoms with E-state index in [4.69, 9.17) is 34.8 Å². The molecule has 100 valence electrons. The standard InChI is InChI=1S/C15H14Cl3N/c1-9-3-4-11(5-10(9)2)8-19-15-13(17)6-12(16)7-14(15)18/h3-7,19H,8H2,1-2H3. The lowest BCUT2D eigenvalue weighted by atomic mass is 10.1. The predicted octanol–water partition coefficient (Wildman–Crippen LogP) is 5.88. The lowest BCUT2D eigenvalue weighted by molar-refractivity contribution is 1.13. The van der Waals surface area contributed by atoms with E-state index in [1.54, 1.807) is 12.1 Å². The third-order valence-electron chi connectivity index (χ3n) is 3.05. The average molecular weight is 315 g/mol. The second kappa shape index (κ2) is 6.04. The molecule has 0 radical (unpaired) electrons. The zero-order valence-electron chi connectivity index (χ0n) is 10.7. The van der Waals surface area contributed by atoms with Crippen LogP contribution < -0.4 is 5.32 Å². The van der Waals surface area contributed by atoms with Crippen LogP contribution in [0.3, 0.4) is 0 Å². The van der Waals surface area contributed by atoms with Crippen LogP contribution in [0, 0.1) is 13.8 Å². The second-order valence-corrected chi connectivity index (χ2v) is 5.77. The number of benzene rings is 2. The molecular formula is C15H14Cl3N. The van der Waals surface area contributed by atoms with Crippen molar-refractivity contribution in [2.75, 3.05) is 5.32 Å². The van der Waals surface area contributed by atoms with Gasteiger partial charge in [0.15, 0.2) is 0 Å². The number of hydrogen-bond acceptors (Lipinski definition) is 1. The van der Waals surface area contributed by atoms with Gasteiger partial charge in [-0.2, -0.15) is 0 Å². The summed E-state index contributed by atoms with van der Waals surface area (Å²) in [5.74, 6) is 0. The summed E-state index contributed by atoms with van der Waals surface area (Å²) in [6.07, 6.45) is 0. The van der Waals surface area contributed by atoms with E-state index in [-0.39, 0.29) is 0 Å². The molecule has 0 unspecified atom stereocenters. The van der Waals surface area contributed by atoms with Gasteiger partial charge in [-0.3, -0.25) is 0 Å². The number of aryl methyl sites for hydroxylation is 2. The number of hydrogen-bond donors (Lipinski definition) is 1. The van der Waals surface area contributed by atoms with Gasteiger partial charge in [0.25, 0.3) is 0 Å². The van der Waals surface area contributed by atoms with Crippen LogP contribution in [0.25, 0.3) is 0 Å². The Labute approximate surface area is 128 Å². The van der Waals surface area contributed by atoms with Gasteiger partial charge >= 0.3 is 0 Å². The van der Waals surface area contributed by atoms with Gasteiger partial charge < -0.3 is 5.32 Å². The molecule has 0 aliphatic rings. The van der Waals surface area contributed by atoms with E-state index in [1.807, 2.05) is 0 Å². The molecule has 2 rings (SSSR count). The van der Waals surface area contributed by atoms with Crippen LogP contribution in [0.1, 0.15) is 16.7 Å². The molecule has 19 heavy (non-hydrogen) atoms. The normalized spacial score (nSPS) is 10.6. The quantitative estimate of drug-likeness (QED) is 0.746. The Morgan fingerprint density at radius 3 is 2.11 bits per heavy atom.